The van der Waals surface area contributed by atoms with Crippen LogP contribution in [0.2, 0.25) is 0 Å². The van der Waals surface area contributed by atoms with Crippen LogP contribution in [-0.2, 0) is 11.3 Å². The molecule has 0 atom stereocenters. The monoisotopic (exact) mass is 471 g/mol. The van der Waals surface area contributed by atoms with E-state index in [2.05, 4.69) is 26.3 Å². The summed E-state index contributed by atoms with van der Waals surface area (Å²) >= 11 is 3.40. The fraction of sp³-hybridized carbons (Fsp3) is 0.227. The topological polar surface area (TPSA) is 82.5 Å². The van der Waals surface area contributed by atoms with Crippen molar-refractivity contribution < 1.29 is 14.3 Å². The lowest BCUT2D eigenvalue weighted by molar-refractivity contribution is -0.116. The van der Waals surface area contributed by atoms with Gasteiger partial charge in [-0.3, -0.25) is 9.59 Å². The molecule has 3 aromatic rings. The van der Waals surface area contributed by atoms with Crippen molar-refractivity contribution in [3.8, 4) is 22.8 Å². The first-order valence-corrected chi connectivity index (χ1v) is 10.1. The second-order valence-corrected chi connectivity index (χ2v) is 7.46. The number of ether oxygens (including phenoxy) is 2. The number of halogens is 1. The number of hydrogen-bond donors (Lipinski definition) is 1. The van der Waals surface area contributed by atoms with Crippen molar-refractivity contribution in [3.05, 3.63) is 69.4 Å². The molecule has 0 fully saturated rings. The molecular weight excluding hydrogens is 450 g/mol. The number of hydrogen-bond acceptors (Lipinski definition) is 5. The zero-order valence-corrected chi connectivity index (χ0v) is 18.3. The van der Waals surface area contributed by atoms with Crippen molar-refractivity contribution in [1.29, 1.82) is 0 Å². The Kier molecular flexibility index (Phi) is 7.24. The van der Waals surface area contributed by atoms with Crippen LogP contribution in [0.1, 0.15) is 12.8 Å². The number of benzene rings is 2. The second kappa shape index (κ2) is 10.1. The average Bonchev–Trinajstić information content (AvgIpc) is 2.75. The number of anilines is 1. The SMILES string of the molecule is COc1cc(NC(=O)CCCn2nc(-c3ccc(Br)cc3)ccc2=O)cc(OC)c1. The number of aromatic nitrogens is 2. The van der Waals surface area contributed by atoms with Gasteiger partial charge in [-0.15, -0.1) is 0 Å². The largest absolute Gasteiger partial charge is 0.497 e. The van der Waals surface area contributed by atoms with E-state index in [1.54, 1.807) is 38.5 Å². The Hall–Kier alpha value is -3.13. The van der Waals surface area contributed by atoms with E-state index in [9.17, 15) is 9.59 Å². The molecule has 0 radical (unpaired) electrons. The molecule has 0 saturated heterocycles. The maximum Gasteiger partial charge on any atom is 0.266 e. The molecule has 8 heteroatoms. The van der Waals surface area contributed by atoms with Gasteiger partial charge in [-0.05, 0) is 24.6 Å². The van der Waals surface area contributed by atoms with Crippen molar-refractivity contribution in [1.82, 2.24) is 9.78 Å². The summed E-state index contributed by atoms with van der Waals surface area (Å²) in [6.45, 7) is 0.345. The van der Waals surface area contributed by atoms with Crippen LogP contribution >= 0.6 is 15.9 Å². The van der Waals surface area contributed by atoms with Crippen LogP contribution < -0.4 is 20.3 Å². The van der Waals surface area contributed by atoms with Crippen molar-refractivity contribution in [2.45, 2.75) is 19.4 Å². The molecule has 0 aliphatic heterocycles. The Morgan fingerprint density at radius 1 is 1.03 bits per heavy atom. The molecule has 7 nitrogen and oxygen atoms in total. The van der Waals surface area contributed by atoms with Crippen LogP contribution in [0.15, 0.2) is 63.9 Å². The third kappa shape index (κ3) is 5.70. The molecule has 0 bridgehead atoms. The van der Waals surface area contributed by atoms with E-state index in [0.717, 1.165) is 10.0 Å². The van der Waals surface area contributed by atoms with Crippen molar-refractivity contribution in [3.63, 3.8) is 0 Å². The second-order valence-electron chi connectivity index (χ2n) is 6.54. The van der Waals surface area contributed by atoms with Gasteiger partial charge in [-0.2, -0.15) is 5.10 Å². The van der Waals surface area contributed by atoms with E-state index in [1.807, 2.05) is 24.3 Å². The number of carbonyl (C=O) groups is 1. The molecule has 1 amide bonds. The van der Waals surface area contributed by atoms with E-state index in [-0.39, 0.29) is 17.9 Å². The lowest BCUT2D eigenvalue weighted by atomic mass is 10.1. The Labute approximate surface area is 182 Å². The molecule has 0 aliphatic rings. The molecule has 0 spiro atoms. The number of amides is 1. The first-order valence-electron chi connectivity index (χ1n) is 9.35. The van der Waals surface area contributed by atoms with Crippen molar-refractivity contribution in [2.24, 2.45) is 0 Å². The van der Waals surface area contributed by atoms with Gasteiger partial charge in [0.15, 0.2) is 0 Å². The van der Waals surface area contributed by atoms with Gasteiger partial charge >= 0.3 is 0 Å². The van der Waals surface area contributed by atoms with Gasteiger partial charge in [0.1, 0.15) is 11.5 Å². The molecule has 3 rings (SSSR count). The quantitative estimate of drug-likeness (QED) is 0.534. The molecule has 30 heavy (non-hydrogen) atoms. The molecular formula is C22H22BrN3O4. The van der Waals surface area contributed by atoms with Gasteiger partial charge in [0, 0.05) is 53.0 Å². The Bertz CT molecular complexity index is 1060. The lowest BCUT2D eigenvalue weighted by Crippen LogP contribution is -2.23. The van der Waals surface area contributed by atoms with Crippen molar-refractivity contribution >= 4 is 27.5 Å². The maximum atomic E-state index is 12.3. The fourth-order valence-corrected chi connectivity index (χ4v) is 3.14. The van der Waals surface area contributed by atoms with Gasteiger partial charge < -0.3 is 14.8 Å². The van der Waals surface area contributed by atoms with E-state index >= 15 is 0 Å². The number of nitrogens with zero attached hydrogens (tertiary/aromatic N) is 2. The summed E-state index contributed by atoms with van der Waals surface area (Å²) in [6, 6.07) is 16.1. The fourth-order valence-electron chi connectivity index (χ4n) is 2.88. The highest BCUT2D eigenvalue weighted by Crippen LogP contribution is 2.26. The maximum absolute atomic E-state index is 12.3. The van der Waals surface area contributed by atoms with Crippen molar-refractivity contribution in [2.75, 3.05) is 19.5 Å². The van der Waals surface area contributed by atoms with Crippen LogP contribution in [0.5, 0.6) is 11.5 Å². The minimum Gasteiger partial charge on any atom is -0.497 e. The Morgan fingerprint density at radius 2 is 1.70 bits per heavy atom. The normalized spacial score (nSPS) is 10.5. The number of methoxy groups -OCH3 is 2. The minimum absolute atomic E-state index is 0.164. The lowest BCUT2D eigenvalue weighted by Gasteiger charge is -2.10. The average molecular weight is 472 g/mol. The first-order chi connectivity index (χ1) is 14.5. The number of aryl methyl sites for hydroxylation is 1. The van der Waals surface area contributed by atoms with Crippen LogP contribution in [0, 0.1) is 0 Å². The molecule has 0 aliphatic carbocycles. The zero-order chi connectivity index (χ0) is 21.5. The minimum atomic E-state index is -0.200. The van der Waals surface area contributed by atoms with E-state index in [1.165, 1.54) is 10.7 Å². The highest BCUT2D eigenvalue weighted by Gasteiger charge is 2.08. The standard InChI is InChI=1S/C22H22BrN3O4/c1-29-18-12-17(13-19(14-18)30-2)24-21(27)4-3-11-26-22(28)10-9-20(25-26)15-5-7-16(23)8-6-15/h5-10,12-14H,3-4,11H2,1-2H3,(H,24,27). The summed E-state index contributed by atoms with van der Waals surface area (Å²) < 4.78 is 12.8. The van der Waals surface area contributed by atoms with E-state index in [4.69, 9.17) is 9.47 Å². The first kappa shape index (κ1) is 21.6. The van der Waals surface area contributed by atoms with Gasteiger partial charge in [-0.25, -0.2) is 4.68 Å². The third-order valence-corrected chi connectivity index (χ3v) is 4.94. The van der Waals surface area contributed by atoms with Gasteiger partial charge in [0.2, 0.25) is 5.91 Å². The molecule has 1 aromatic heterocycles. The predicted molar refractivity (Wildman–Crippen MR) is 119 cm³/mol. The molecule has 1 heterocycles. The number of carbonyl (C=O) groups excluding carboxylic acids is 1. The summed E-state index contributed by atoms with van der Waals surface area (Å²) in [6.07, 6.45) is 0.722. The molecule has 0 saturated carbocycles. The van der Waals surface area contributed by atoms with Gasteiger partial charge in [0.05, 0.1) is 19.9 Å². The zero-order valence-electron chi connectivity index (χ0n) is 16.7. The van der Waals surface area contributed by atoms with E-state index in [0.29, 0.717) is 35.8 Å². The van der Waals surface area contributed by atoms with Crippen LogP contribution in [-0.4, -0.2) is 29.9 Å². The Morgan fingerprint density at radius 3 is 2.33 bits per heavy atom. The molecule has 156 valence electrons. The van der Waals surface area contributed by atoms with E-state index < -0.39 is 0 Å². The summed E-state index contributed by atoms with van der Waals surface area (Å²) in [7, 11) is 3.10. The van der Waals surface area contributed by atoms with Crippen LogP contribution in [0.25, 0.3) is 11.3 Å². The van der Waals surface area contributed by atoms with Crippen LogP contribution in [0.4, 0.5) is 5.69 Å². The number of rotatable bonds is 8. The summed E-state index contributed by atoms with van der Waals surface area (Å²) in [5.41, 5.74) is 2.00. The summed E-state index contributed by atoms with van der Waals surface area (Å²) in [5, 5.41) is 7.25. The summed E-state index contributed by atoms with van der Waals surface area (Å²) in [5.74, 6) is 1.01. The smallest absolute Gasteiger partial charge is 0.266 e. The third-order valence-electron chi connectivity index (χ3n) is 4.42. The molecule has 1 N–H and O–H groups in total. The molecule has 2 aromatic carbocycles. The summed E-state index contributed by atoms with van der Waals surface area (Å²) in [4.78, 5) is 24.4. The molecule has 0 unspecified atom stereocenters. The highest BCUT2D eigenvalue weighted by atomic mass is 79.9. The highest BCUT2D eigenvalue weighted by molar-refractivity contribution is 9.10. The van der Waals surface area contributed by atoms with Gasteiger partial charge in [0.25, 0.3) is 5.56 Å². The van der Waals surface area contributed by atoms with Crippen LogP contribution in [0.3, 0.4) is 0 Å². The predicted octanol–water partition coefficient (Wildman–Crippen LogP) is 4.11. The number of nitrogens with one attached hydrogen (secondary N) is 1. The Balaban J connectivity index is 1.61. The van der Waals surface area contributed by atoms with Gasteiger partial charge in [-0.1, -0.05) is 28.1 Å².